The second kappa shape index (κ2) is 9.28. The summed E-state index contributed by atoms with van der Waals surface area (Å²) in [6.45, 7) is 5.64. The van der Waals surface area contributed by atoms with Crippen molar-refractivity contribution in [3.05, 3.63) is 53.1 Å². The number of carbonyl (C=O) groups is 1. The van der Waals surface area contributed by atoms with Crippen LogP contribution < -0.4 is 5.32 Å². The van der Waals surface area contributed by atoms with E-state index in [4.69, 9.17) is 4.74 Å². The number of rotatable bonds is 8. The molecule has 1 aliphatic heterocycles. The maximum atomic E-state index is 13.3. The molecule has 1 aliphatic rings. The lowest BCUT2D eigenvalue weighted by atomic mass is 10.2. The average Bonchev–Trinajstić information content (AvgIpc) is 3.44. The number of anilines is 2. The van der Waals surface area contributed by atoms with E-state index in [0.717, 1.165) is 42.9 Å². The van der Waals surface area contributed by atoms with Crippen LogP contribution in [-0.2, 0) is 11.3 Å². The molecule has 0 spiro atoms. The highest BCUT2D eigenvalue weighted by molar-refractivity contribution is 8.01. The zero-order valence-electron chi connectivity index (χ0n) is 16.9. The van der Waals surface area contributed by atoms with Gasteiger partial charge in [-0.15, -0.1) is 10.2 Å². The van der Waals surface area contributed by atoms with Gasteiger partial charge in [0.2, 0.25) is 5.13 Å². The molecule has 0 amide bonds. The van der Waals surface area contributed by atoms with Gasteiger partial charge in [0, 0.05) is 35.8 Å². The molecular formula is C21H23FN4O2S2. The average molecular weight is 447 g/mol. The van der Waals surface area contributed by atoms with Crippen LogP contribution in [0.25, 0.3) is 0 Å². The Kier molecular flexibility index (Phi) is 6.50. The number of carbonyl (C=O) groups excluding carboxylic acids is 1. The minimum absolute atomic E-state index is 0.0709. The van der Waals surface area contributed by atoms with E-state index < -0.39 is 0 Å². The number of benzene rings is 1. The Labute approximate surface area is 182 Å². The van der Waals surface area contributed by atoms with Crippen molar-refractivity contribution in [2.45, 2.75) is 43.7 Å². The van der Waals surface area contributed by atoms with Gasteiger partial charge in [-0.05, 0) is 51.0 Å². The lowest BCUT2D eigenvalue weighted by molar-refractivity contribution is 0.0957. The third-order valence-electron chi connectivity index (χ3n) is 5.09. The summed E-state index contributed by atoms with van der Waals surface area (Å²) >= 11 is 2.70. The molecule has 0 unspecified atom stereocenters. The number of hydrogen-bond donors (Lipinski definition) is 1. The van der Waals surface area contributed by atoms with Crippen molar-refractivity contribution >= 4 is 39.7 Å². The topological polar surface area (TPSA) is 69.0 Å². The fraction of sp³-hybridized carbons (Fsp3) is 0.381. The third-order valence-corrected chi connectivity index (χ3v) is 7.07. The van der Waals surface area contributed by atoms with Crippen LogP contribution in [0.15, 0.2) is 34.7 Å². The maximum absolute atomic E-state index is 13.3. The number of aromatic nitrogens is 3. The molecule has 3 aromatic rings. The molecule has 1 saturated heterocycles. The zero-order chi connectivity index (χ0) is 21.1. The van der Waals surface area contributed by atoms with Crippen molar-refractivity contribution in [1.29, 1.82) is 0 Å². The summed E-state index contributed by atoms with van der Waals surface area (Å²) in [5.74, 6) is 0.0436. The Morgan fingerprint density at radius 2 is 2.23 bits per heavy atom. The summed E-state index contributed by atoms with van der Waals surface area (Å²) in [7, 11) is 0. The molecule has 3 heterocycles. The second-order valence-corrected chi connectivity index (χ2v) is 9.45. The second-order valence-electron chi connectivity index (χ2n) is 7.25. The Morgan fingerprint density at radius 1 is 1.37 bits per heavy atom. The van der Waals surface area contributed by atoms with Gasteiger partial charge in [0.15, 0.2) is 10.1 Å². The first-order chi connectivity index (χ1) is 14.5. The number of ether oxygens (including phenoxy) is 1. The fourth-order valence-electron chi connectivity index (χ4n) is 3.57. The highest BCUT2D eigenvalue weighted by Gasteiger charge is 2.21. The SMILES string of the molecule is Cc1cc(C(=O)CSc2nnc(Nc3cccc(F)c3)s2)c(C)n1C[C@H]1CCCO1. The van der Waals surface area contributed by atoms with Crippen molar-refractivity contribution in [2.24, 2.45) is 0 Å². The van der Waals surface area contributed by atoms with Crippen LogP contribution in [0.5, 0.6) is 0 Å². The van der Waals surface area contributed by atoms with Crippen molar-refractivity contribution in [3.8, 4) is 0 Å². The van der Waals surface area contributed by atoms with E-state index in [1.54, 1.807) is 12.1 Å². The van der Waals surface area contributed by atoms with Gasteiger partial charge in [0.25, 0.3) is 0 Å². The van der Waals surface area contributed by atoms with Crippen LogP contribution in [0.4, 0.5) is 15.2 Å². The van der Waals surface area contributed by atoms with E-state index in [1.807, 2.05) is 19.9 Å². The molecular weight excluding hydrogens is 423 g/mol. The predicted molar refractivity (Wildman–Crippen MR) is 118 cm³/mol. The van der Waals surface area contributed by atoms with Crippen molar-refractivity contribution < 1.29 is 13.9 Å². The Bertz CT molecular complexity index is 1040. The summed E-state index contributed by atoms with van der Waals surface area (Å²) in [4.78, 5) is 12.8. The lowest BCUT2D eigenvalue weighted by Crippen LogP contribution is -2.17. The number of halogens is 1. The predicted octanol–water partition coefficient (Wildman–Crippen LogP) is 4.99. The number of nitrogens with zero attached hydrogens (tertiary/aromatic N) is 3. The molecule has 0 radical (unpaired) electrons. The number of aryl methyl sites for hydroxylation is 1. The molecule has 9 heteroatoms. The smallest absolute Gasteiger partial charge is 0.210 e. The van der Waals surface area contributed by atoms with Crippen LogP contribution in [0.2, 0.25) is 0 Å². The van der Waals surface area contributed by atoms with Gasteiger partial charge in [-0.25, -0.2) is 4.39 Å². The van der Waals surface area contributed by atoms with Gasteiger partial charge in [-0.3, -0.25) is 4.79 Å². The van der Waals surface area contributed by atoms with Crippen molar-refractivity contribution in [2.75, 3.05) is 17.7 Å². The van der Waals surface area contributed by atoms with Gasteiger partial charge in [-0.1, -0.05) is 29.2 Å². The first kappa shape index (κ1) is 21.0. The monoisotopic (exact) mass is 446 g/mol. The molecule has 1 fully saturated rings. The molecule has 2 aromatic heterocycles. The van der Waals surface area contributed by atoms with Crippen LogP contribution in [0.1, 0.15) is 34.6 Å². The minimum atomic E-state index is -0.318. The van der Waals surface area contributed by atoms with Gasteiger partial charge >= 0.3 is 0 Å². The lowest BCUT2D eigenvalue weighted by Gasteiger charge is -2.14. The third kappa shape index (κ3) is 4.91. The molecule has 0 saturated carbocycles. The minimum Gasteiger partial charge on any atom is -0.376 e. The summed E-state index contributed by atoms with van der Waals surface area (Å²) in [6, 6.07) is 8.12. The zero-order valence-corrected chi connectivity index (χ0v) is 18.5. The first-order valence-electron chi connectivity index (χ1n) is 9.80. The van der Waals surface area contributed by atoms with E-state index in [2.05, 4.69) is 20.1 Å². The highest BCUT2D eigenvalue weighted by Crippen LogP contribution is 2.29. The van der Waals surface area contributed by atoms with Crippen LogP contribution in [0, 0.1) is 19.7 Å². The Hall–Kier alpha value is -2.23. The van der Waals surface area contributed by atoms with Gasteiger partial charge in [-0.2, -0.15) is 0 Å². The van der Waals surface area contributed by atoms with Gasteiger partial charge in [0.05, 0.1) is 11.9 Å². The summed E-state index contributed by atoms with van der Waals surface area (Å²) in [5.41, 5.74) is 3.42. The van der Waals surface area contributed by atoms with Gasteiger partial charge in [0.1, 0.15) is 5.82 Å². The number of ketones is 1. The molecule has 1 atom stereocenters. The standard InChI is InChI=1S/C21H23FN4O2S2/c1-13-9-18(14(2)26(13)11-17-7-4-8-28-17)19(27)12-29-21-25-24-20(30-21)23-16-6-3-5-15(22)10-16/h3,5-6,9-10,17H,4,7-8,11-12H2,1-2H3,(H,23,24)/t17-/m1/s1. The molecule has 30 heavy (non-hydrogen) atoms. The molecule has 4 rings (SSSR count). The van der Waals surface area contributed by atoms with E-state index in [0.29, 0.717) is 20.9 Å². The molecule has 0 bridgehead atoms. The largest absolute Gasteiger partial charge is 0.376 e. The molecule has 158 valence electrons. The normalized spacial score (nSPS) is 16.2. The first-order valence-corrected chi connectivity index (χ1v) is 11.6. The van der Waals surface area contributed by atoms with E-state index >= 15 is 0 Å². The Morgan fingerprint density at radius 3 is 3.00 bits per heavy atom. The molecule has 1 aromatic carbocycles. The number of thioether (sulfide) groups is 1. The fourth-order valence-corrected chi connectivity index (χ4v) is 5.23. The maximum Gasteiger partial charge on any atom is 0.210 e. The van der Waals surface area contributed by atoms with E-state index in [9.17, 15) is 9.18 Å². The van der Waals surface area contributed by atoms with Crippen molar-refractivity contribution in [3.63, 3.8) is 0 Å². The summed E-state index contributed by atoms with van der Waals surface area (Å²) in [6.07, 6.45) is 2.40. The summed E-state index contributed by atoms with van der Waals surface area (Å²) in [5, 5.41) is 11.8. The van der Waals surface area contributed by atoms with E-state index in [-0.39, 0.29) is 17.7 Å². The summed E-state index contributed by atoms with van der Waals surface area (Å²) < 4.78 is 21.9. The Balaban J connectivity index is 1.36. The highest BCUT2D eigenvalue weighted by atomic mass is 32.2. The molecule has 0 aliphatic carbocycles. The molecule has 6 nitrogen and oxygen atoms in total. The van der Waals surface area contributed by atoms with Gasteiger partial charge < -0.3 is 14.6 Å². The quantitative estimate of drug-likeness (QED) is 0.388. The number of nitrogens with one attached hydrogen (secondary N) is 1. The number of hydrogen-bond acceptors (Lipinski definition) is 7. The van der Waals surface area contributed by atoms with Crippen molar-refractivity contribution in [1.82, 2.24) is 14.8 Å². The number of Topliss-reactive ketones (excluding diaryl/α,β-unsaturated/α-hetero) is 1. The van der Waals surface area contributed by atoms with Crippen LogP contribution in [-0.4, -0.2) is 39.0 Å². The molecule has 1 N–H and O–H groups in total. The van der Waals surface area contributed by atoms with E-state index in [1.165, 1.54) is 35.2 Å². The van der Waals surface area contributed by atoms with Crippen LogP contribution in [0.3, 0.4) is 0 Å². The van der Waals surface area contributed by atoms with Crippen LogP contribution >= 0.6 is 23.1 Å².